The zero-order valence-corrected chi connectivity index (χ0v) is 18.8. The Kier molecular flexibility index (Phi) is 5.30. The van der Waals surface area contributed by atoms with Crippen molar-refractivity contribution >= 4 is 11.2 Å². The average molecular weight is 437 g/mol. The Morgan fingerprint density at radius 2 is 1.73 bits per heavy atom. The van der Waals surface area contributed by atoms with Crippen LogP contribution in [0.15, 0.2) is 78.1 Å². The molecular formula is C26H24N6O. The van der Waals surface area contributed by atoms with Crippen LogP contribution in [0, 0.1) is 0 Å². The minimum absolute atomic E-state index is 0.119. The first-order valence-electron chi connectivity index (χ1n) is 10.9. The van der Waals surface area contributed by atoms with Crippen LogP contribution in [0.3, 0.4) is 0 Å². The van der Waals surface area contributed by atoms with Crippen molar-refractivity contribution in [1.29, 1.82) is 0 Å². The number of hydrogen-bond donors (Lipinski definition) is 0. The molecule has 0 saturated heterocycles. The van der Waals surface area contributed by atoms with E-state index in [4.69, 9.17) is 4.98 Å². The molecule has 3 heterocycles. The number of aromatic nitrogens is 6. The Bertz CT molecular complexity index is 1480. The van der Waals surface area contributed by atoms with E-state index in [1.54, 1.807) is 41.0 Å². The Morgan fingerprint density at radius 3 is 2.45 bits per heavy atom. The molecule has 5 aromatic rings. The summed E-state index contributed by atoms with van der Waals surface area (Å²) in [5.74, 6) is 0.968. The number of rotatable bonds is 5. The van der Waals surface area contributed by atoms with Crippen LogP contribution in [0.25, 0.3) is 33.8 Å². The second kappa shape index (κ2) is 8.43. The first-order chi connectivity index (χ1) is 16.0. The molecule has 0 saturated carbocycles. The molecule has 0 radical (unpaired) electrons. The molecule has 33 heavy (non-hydrogen) atoms. The fourth-order valence-corrected chi connectivity index (χ4v) is 4.06. The predicted molar refractivity (Wildman–Crippen MR) is 129 cm³/mol. The summed E-state index contributed by atoms with van der Waals surface area (Å²) < 4.78 is 3.30. The highest BCUT2D eigenvalue weighted by Gasteiger charge is 2.17. The first kappa shape index (κ1) is 20.8. The lowest BCUT2D eigenvalue weighted by atomic mass is 9.97. The fraction of sp³-hybridized carbons (Fsp3) is 0.192. The highest BCUT2D eigenvalue weighted by Crippen LogP contribution is 2.27. The van der Waals surface area contributed by atoms with E-state index in [1.807, 2.05) is 42.5 Å². The summed E-state index contributed by atoms with van der Waals surface area (Å²) in [6.45, 7) is 4.72. The van der Waals surface area contributed by atoms with Crippen molar-refractivity contribution in [3.8, 4) is 22.6 Å². The van der Waals surface area contributed by atoms with Crippen molar-refractivity contribution in [3.05, 3.63) is 94.9 Å². The van der Waals surface area contributed by atoms with Crippen LogP contribution in [0.5, 0.6) is 0 Å². The quantitative estimate of drug-likeness (QED) is 0.407. The van der Waals surface area contributed by atoms with Gasteiger partial charge in [0.15, 0.2) is 11.5 Å². The molecule has 7 nitrogen and oxygen atoms in total. The van der Waals surface area contributed by atoms with Crippen LogP contribution in [0.1, 0.15) is 30.9 Å². The monoisotopic (exact) mass is 436 g/mol. The van der Waals surface area contributed by atoms with Crippen molar-refractivity contribution in [2.45, 2.75) is 26.3 Å². The number of imidazole rings is 1. The standard InChI is InChI=1S/C26H24N6O/c1-17(2)20-6-4-5-7-21(20)24-29-15-23-25(30-24)32(26(33)31(23)3)16-18-8-10-19(11-9-18)22-14-27-12-13-28-22/h4-15,17H,16H2,1-3H3. The van der Waals surface area contributed by atoms with Crippen LogP contribution in [0.4, 0.5) is 0 Å². The third-order valence-corrected chi connectivity index (χ3v) is 5.86. The van der Waals surface area contributed by atoms with Gasteiger partial charge in [0.2, 0.25) is 0 Å². The molecule has 7 heteroatoms. The maximum Gasteiger partial charge on any atom is 0.330 e. The molecule has 0 amide bonds. The smallest absolute Gasteiger partial charge is 0.292 e. The molecule has 0 spiro atoms. The minimum atomic E-state index is -0.119. The van der Waals surface area contributed by atoms with Gasteiger partial charge in [-0.3, -0.25) is 19.1 Å². The molecule has 164 valence electrons. The maximum atomic E-state index is 13.0. The Hall–Kier alpha value is -4.13. The summed E-state index contributed by atoms with van der Waals surface area (Å²) in [5, 5.41) is 0. The molecule has 2 aromatic carbocycles. The number of aryl methyl sites for hydroxylation is 1. The van der Waals surface area contributed by atoms with Gasteiger partial charge in [-0.05, 0) is 17.0 Å². The van der Waals surface area contributed by atoms with Gasteiger partial charge in [-0.2, -0.15) is 0 Å². The van der Waals surface area contributed by atoms with E-state index in [-0.39, 0.29) is 5.69 Å². The lowest BCUT2D eigenvalue weighted by Gasteiger charge is -2.11. The normalized spacial score (nSPS) is 11.4. The van der Waals surface area contributed by atoms with Gasteiger partial charge in [0.1, 0.15) is 5.52 Å². The molecular weight excluding hydrogens is 412 g/mol. The highest BCUT2D eigenvalue weighted by molar-refractivity contribution is 5.74. The molecule has 0 N–H and O–H groups in total. The Labute approximate surface area is 191 Å². The second-order valence-electron chi connectivity index (χ2n) is 8.36. The Balaban J connectivity index is 1.55. The summed E-state index contributed by atoms with van der Waals surface area (Å²) in [4.78, 5) is 30.9. The topological polar surface area (TPSA) is 78.5 Å². The average Bonchev–Trinajstić information content (AvgIpc) is 3.09. The number of fused-ring (bicyclic) bond motifs is 1. The first-order valence-corrected chi connectivity index (χ1v) is 10.9. The van der Waals surface area contributed by atoms with Crippen LogP contribution in [-0.4, -0.2) is 29.1 Å². The van der Waals surface area contributed by atoms with E-state index in [2.05, 4.69) is 34.9 Å². The lowest BCUT2D eigenvalue weighted by molar-refractivity contribution is 0.731. The molecule has 5 rings (SSSR count). The fourth-order valence-electron chi connectivity index (χ4n) is 4.06. The van der Waals surface area contributed by atoms with E-state index in [9.17, 15) is 4.79 Å². The SMILES string of the molecule is CC(C)c1ccccc1-c1ncc2c(n1)n(Cc1ccc(-c3cnccn3)cc1)c(=O)n2C. The zero-order valence-electron chi connectivity index (χ0n) is 18.8. The van der Waals surface area contributed by atoms with E-state index in [0.29, 0.717) is 29.5 Å². The van der Waals surface area contributed by atoms with Crippen molar-refractivity contribution in [2.75, 3.05) is 0 Å². The summed E-state index contributed by atoms with van der Waals surface area (Å²) in [5.41, 5.74) is 6.18. The molecule has 0 unspecified atom stereocenters. The predicted octanol–water partition coefficient (Wildman–Crippen LogP) is 4.43. The van der Waals surface area contributed by atoms with Gasteiger partial charge in [-0.25, -0.2) is 14.8 Å². The highest BCUT2D eigenvalue weighted by atomic mass is 16.1. The summed E-state index contributed by atoms with van der Waals surface area (Å²) >= 11 is 0. The number of benzene rings is 2. The van der Waals surface area contributed by atoms with E-state index < -0.39 is 0 Å². The molecule has 0 aliphatic carbocycles. The van der Waals surface area contributed by atoms with Crippen LogP contribution in [0.2, 0.25) is 0 Å². The molecule has 3 aromatic heterocycles. The van der Waals surface area contributed by atoms with Crippen molar-refractivity contribution < 1.29 is 0 Å². The van der Waals surface area contributed by atoms with E-state index >= 15 is 0 Å². The van der Waals surface area contributed by atoms with Gasteiger partial charge in [0, 0.05) is 30.6 Å². The molecule has 0 aliphatic heterocycles. The number of hydrogen-bond acceptors (Lipinski definition) is 5. The zero-order chi connectivity index (χ0) is 22.9. The van der Waals surface area contributed by atoms with Gasteiger partial charge in [0.25, 0.3) is 0 Å². The van der Waals surface area contributed by atoms with Crippen molar-refractivity contribution in [1.82, 2.24) is 29.1 Å². The summed E-state index contributed by atoms with van der Waals surface area (Å²) in [7, 11) is 1.75. The Morgan fingerprint density at radius 1 is 0.939 bits per heavy atom. The summed E-state index contributed by atoms with van der Waals surface area (Å²) in [6, 6.07) is 16.2. The number of nitrogens with zero attached hydrogens (tertiary/aromatic N) is 6. The van der Waals surface area contributed by atoms with Crippen LogP contribution < -0.4 is 5.69 Å². The van der Waals surface area contributed by atoms with Crippen LogP contribution >= 0.6 is 0 Å². The maximum absolute atomic E-state index is 13.0. The van der Waals surface area contributed by atoms with Crippen molar-refractivity contribution in [2.24, 2.45) is 7.05 Å². The molecule has 0 atom stereocenters. The third kappa shape index (κ3) is 3.82. The van der Waals surface area contributed by atoms with Gasteiger partial charge in [-0.1, -0.05) is 62.4 Å². The van der Waals surface area contributed by atoms with Gasteiger partial charge >= 0.3 is 5.69 Å². The van der Waals surface area contributed by atoms with Gasteiger partial charge in [-0.15, -0.1) is 0 Å². The molecule has 0 bridgehead atoms. The van der Waals surface area contributed by atoms with Gasteiger partial charge in [0.05, 0.1) is 24.6 Å². The van der Waals surface area contributed by atoms with E-state index in [0.717, 1.165) is 22.4 Å². The van der Waals surface area contributed by atoms with E-state index in [1.165, 1.54) is 5.56 Å². The largest absolute Gasteiger partial charge is 0.330 e. The molecule has 0 fully saturated rings. The summed E-state index contributed by atoms with van der Waals surface area (Å²) in [6.07, 6.45) is 6.80. The van der Waals surface area contributed by atoms with Gasteiger partial charge < -0.3 is 0 Å². The second-order valence-corrected chi connectivity index (χ2v) is 8.36. The molecule has 0 aliphatic rings. The minimum Gasteiger partial charge on any atom is -0.292 e. The lowest BCUT2D eigenvalue weighted by Crippen LogP contribution is -2.22. The van der Waals surface area contributed by atoms with Crippen LogP contribution in [-0.2, 0) is 13.6 Å². The van der Waals surface area contributed by atoms with Crippen molar-refractivity contribution in [3.63, 3.8) is 0 Å². The third-order valence-electron chi connectivity index (χ3n) is 5.86.